The molecule has 1 saturated heterocycles. The summed E-state index contributed by atoms with van der Waals surface area (Å²) in [7, 11) is -8.97. The molecule has 3 atom stereocenters. The van der Waals surface area contributed by atoms with Crippen LogP contribution in [0, 0.1) is 5.92 Å². The van der Waals surface area contributed by atoms with E-state index in [1.54, 1.807) is 4.90 Å². The third kappa shape index (κ3) is 4.89. The highest BCUT2D eigenvalue weighted by molar-refractivity contribution is 7.92. The van der Waals surface area contributed by atoms with Crippen LogP contribution in [-0.4, -0.2) is 75.9 Å². The monoisotopic (exact) mass is 491 g/mol. The smallest absolute Gasteiger partial charge is 0.242 e. The minimum absolute atomic E-state index is 0.0201. The van der Waals surface area contributed by atoms with Gasteiger partial charge < -0.3 is 16.4 Å². The van der Waals surface area contributed by atoms with E-state index in [-0.39, 0.29) is 42.6 Å². The second-order valence-corrected chi connectivity index (χ2v) is 10.8. The van der Waals surface area contributed by atoms with Gasteiger partial charge in [-0.2, -0.15) is 5.21 Å². The fourth-order valence-electron chi connectivity index (χ4n) is 3.61. The molecule has 0 aliphatic carbocycles. The largest absolute Gasteiger partial charge is 0.368 e. The summed E-state index contributed by atoms with van der Waals surface area (Å²) in [6.45, 7) is 1.95. The first-order valence-electron chi connectivity index (χ1n) is 9.74. The Balaban J connectivity index is 2.25. The van der Waals surface area contributed by atoms with E-state index >= 15 is 0 Å². The van der Waals surface area contributed by atoms with Crippen molar-refractivity contribution in [2.45, 2.75) is 35.3 Å². The summed E-state index contributed by atoms with van der Waals surface area (Å²) in [6, 6.07) is 1.80. The minimum Gasteiger partial charge on any atom is -0.368 e. The number of benzene rings is 1. The van der Waals surface area contributed by atoms with Crippen molar-refractivity contribution in [1.29, 1.82) is 0 Å². The number of rotatable bonds is 8. The summed E-state index contributed by atoms with van der Waals surface area (Å²) in [4.78, 5) is 0.269. The van der Waals surface area contributed by atoms with Crippen molar-refractivity contribution in [3.05, 3.63) is 12.1 Å². The average molecular weight is 492 g/mol. The fraction of sp³-hybridized carbons (Fsp3) is 0.562. The van der Waals surface area contributed by atoms with Crippen LogP contribution < -0.4 is 26.2 Å². The number of aromatic amines is 1. The summed E-state index contributed by atoms with van der Waals surface area (Å²) < 4.78 is 68.1. The molecule has 0 spiro atoms. The highest BCUT2D eigenvalue weighted by atomic mass is 32.2. The molecule has 8 N–H and O–H groups in total. The molecular weight excluding hydrogens is 465 g/mol. The number of nitrogens with two attached hydrogens (primary N) is 3. The molecule has 2 aromatic rings. The van der Waals surface area contributed by atoms with Crippen LogP contribution >= 0.6 is 0 Å². The van der Waals surface area contributed by atoms with Crippen LogP contribution in [0.3, 0.4) is 0 Å². The number of nitrogens with zero attached hydrogens (tertiary/aromatic N) is 4. The number of hydrogen-bond donors (Lipinski definition) is 5. The van der Waals surface area contributed by atoms with Gasteiger partial charge in [-0.25, -0.2) is 31.1 Å². The molecular formula is C16H26FN9O4S2. The Labute approximate surface area is 185 Å². The van der Waals surface area contributed by atoms with E-state index in [1.165, 1.54) is 13.0 Å². The van der Waals surface area contributed by atoms with Gasteiger partial charge in [0.05, 0.1) is 5.56 Å². The lowest BCUT2D eigenvalue weighted by atomic mass is 9.94. The minimum atomic E-state index is -4.62. The number of anilines is 1. The number of tetrazole rings is 1. The zero-order valence-corrected chi connectivity index (χ0v) is 18.9. The molecule has 13 nitrogen and oxygen atoms in total. The number of halogens is 1. The Bertz CT molecular complexity index is 1160. The molecule has 32 heavy (non-hydrogen) atoms. The molecule has 1 aliphatic rings. The molecule has 2 heterocycles. The Morgan fingerprint density at radius 1 is 1.31 bits per heavy atom. The van der Waals surface area contributed by atoms with E-state index in [9.17, 15) is 21.2 Å². The number of alkyl halides is 1. The summed E-state index contributed by atoms with van der Waals surface area (Å²) in [6.07, 6.45) is -0.843. The molecule has 1 fully saturated rings. The van der Waals surface area contributed by atoms with Gasteiger partial charge in [0.1, 0.15) is 16.0 Å². The van der Waals surface area contributed by atoms with E-state index in [1.807, 2.05) is 0 Å². The van der Waals surface area contributed by atoms with Crippen molar-refractivity contribution in [3.8, 4) is 11.4 Å². The van der Waals surface area contributed by atoms with Gasteiger partial charge in [-0.1, -0.05) is 0 Å². The lowest BCUT2D eigenvalue weighted by Gasteiger charge is -2.36. The second-order valence-electron chi connectivity index (χ2n) is 7.57. The Hall–Kier alpha value is -2.24. The standard InChI is InChI=1S/C16H26FN9O4S2/c1-9(6-18)23-32(29,30)13-3-2-12(26-5-4-10(7-19)11(17)8-26)14(15(13)31(20,27)28)16-21-24-25-22-16/h2-3,9-11,23H,4-8,18-19H2,1H3,(H2,20,27,28)(H,21,22,24,25)/t9-,10-,11-/m1/s1. The maximum atomic E-state index is 14.6. The van der Waals surface area contributed by atoms with Gasteiger partial charge in [0, 0.05) is 37.3 Å². The number of hydrogen-bond acceptors (Lipinski definition) is 10. The molecule has 0 amide bonds. The Morgan fingerprint density at radius 3 is 2.56 bits per heavy atom. The first-order valence-corrected chi connectivity index (χ1v) is 12.8. The first-order chi connectivity index (χ1) is 15.0. The van der Waals surface area contributed by atoms with E-state index in [4.69, 9.17) is 16.6 Å². The van der Waals surface area contributed by atoms with Crippen molar-refractivity contribution in [2.24, 2.45) is 22.5 Å². The van der Waals surface area contributed by atoms with Gasteiger partial charge in [0.25, 0.3) is 0 Å². The van der Waals surface area contributed by atoms with Crippen LogP contribution in [0.25, 0.3) is 11.4 Å². The lowest BCUT2D eigenvalue weighted by Crippen LogP contribution is -2.44. The Kier molecular flexibility index (Phi) is 7.11. The van der Waals surface area contributed by atoms with Crippen molar-refractivity contribution < 1.29 is 21.2 Å². The van der Waals surface area contributed by atoms with Gasteiger partial charge in [-0.15, -0.1) is 10.2 Å². The maximum Gasteiger partial charge on any atom is 0.242 e. The number of piperidine rings is 1. The first kappa shape index (κ1) is 24.4. The Morgan fingerprint density at radius 2 is 2.03 bits per heavy atom. The van der Waals surface area contributed by atoms with Gasteiger partial charge in [0.15, 0.2) is 0 Å². The van der Waals surface area contributed by atoms with E-state index in [0.29, 0.717) is 13.0 Å². The van der Waals surface area contributed by atoms with Gasteiger partial charge in [-0.3, -0.25) is 0 Å². The zero-order valence-electron chi connectivity index (χ0n) is 17.3. The molecule has 0 radical (unpaired) electrons. The van der Waals surface area contributed by atoms with Crippen molar-refractivity contribution in [1.82, 2.24) is 25.3 Å². The maximum absolute atomic E-state index is 14.6. The van der Waals surface area contributed by atoms with Crippen molar-refractivity contribution >= 4 is 25.7 Å². The molecule has 3 rings (SSSR count). The predicted octanol–water partition coefficient (Wildman–Crippen LogP) is -1.74. The molecule has 0 bridgehead atoms. The highest BCUT2D eigenvalue weighted by Crippen LogP contribution is 2.39. The molecule has 0 saturated carbocycles. The molecule has 16 heteroatoms. The summed E-state index contributed by atoms with van der Waals surface area (Å²) >= 11 is 0. The van der Waals surface area contributed by atoms with E-state index in [0.717, 1.165) is 6.07 Å². The van der Waals surface area contributed by atoms with E-state index in [2.05, 4.69) is 25.3 Å². The third-order valence-corrected chi connectivity index (χ3v) is 8.03. The van der Waals surface area contributed by atoms with Crippen LogP contribution in [0.1, 0.15) is 13.3 Å². The molecule has 1 aromatic heterocycles. The SMILES string of the molecule is C[C@H](CN)NS(=O)(=O)c1ccc(N2CC[C@H](CN)[C@H](F)C2)c(-c2nn[nH]n2)c1S(N)(=O)=O. The summed E-state index contributed by atoms with van der Waals surface area (Å²) in [5.74, 6) is -0.538. The normalized spacial score (nSPS) is 21.0. The van der Waals surface area contributed by atoms with E-state index < -0.39 is 42.1 Å². The highest BCUT2D eigenvalue weighted by Gasteiger charge is 2.36. The van der Waals surface area contributed by atoms with Gasteiger partial charge in [-0.05, 0) is 37.2 Å². The van der Waals surface area contributed by atoms with Crippen LogP contribution in [-0.2, 0) is 20.0 Å². The number of primary sulfonamides is 1. The molecule has 0 unspecified atom stereocenters. The number of nitrogens with one attached hydrogen (secondary N) is 2. The molecule has 1 aliphatic heterocycles. The molecule has 1 aromatic carbocycles. The average Bonchev–Trinajstić information content (AvgIpc) is 3.26. The zero-order chi connectivity index (χ0) is 23.7. The summed E-state index contributed by atoms with van der Waals surface area (Å²) in [5.41, 5.74) is 11.1. The van der Waals surface area contributed by atoms with Crippen molar-refractivity contribution in [2.75, 3.05) is 31.1 Å². The van der Waals surface area contributed by atoms with Crippen molar-refractivity contribution in [3.63, 3.8) is 0 Å². The number of aromatic nitrogens is 4. The quantitative estimate of drug-likeness (QED) is 0.281. The van der Waals surface area contributed by atoms with Crippen LogP contribution in [0.5, 0.6) is 0 Å². The van der Waals surface area contributed by atoms with Crippen LogP contribution in [0.2, 0.25) is 0 Å². The predicted molar refractivity (Wildman–Crippen MR) is 114 cm³/mol. The van der Waals surface area contributed by atoms with Crippen LogP contribution in [0.15, 0.2) is 21.9 Å². The lowest BCUT2D eigenvalue weighted by molar-refractivity contribution is 0.202. The summed E-state index contributed by atoms with van der Waals surface area (Å²) in [5, 5.41) is 18.7. The van der Waals surface area contributed by atoms with Gasteiger partial charge >= 0.3 is 0 Å². The fourth-order valence-corrected chi connectivity index (χ4v) is 6.46. The topological polar surface area (TPSA) is 216 Å². The molecule has 178 valence electrons. The number of sulfonamides is 2. The second kappa shape index (κ2) is 9.32. The number of H-pyrrole nitrogens is 1. The third-order valence-electron chi connectivity index (χ3n) is 5.27. The van der Waals surface area contributed by atoms with Crippen LogP contribution in [0.4, 0.5) is 10.1 Å². The van der Waals surface area contributed by atoms with Gasteiger partial charge in [0.2, 0.25) is 25.9 Å².